The van der Waals surface area contributed by atoms with E-state index in [2.05, 4.69) is 0 Å². The maximum Gasteiger partial charge on any atom is 0.127 e. The standard InChI is InChI=1S/C10H16N2O2/c1-6-3-8(13)10(7(12)5-11)9(4-6)14-2/h3-4,7,13H,5,11-12H2,1-2H3/t7-/m0/s1. The minimum absolute atomic E-state index is 0.139. The lowest BCUT2D eigenvalue weighted by molar-refractivity contribution is 0.393. The number of nitrogens with two attached hydrogens (primary N) is 2. The normalized spacial score (nSPS) is 12.6. The molecule has 4 nitrogen and oxygen atoms in total. The van der Waals surface area contributed by atoms with Crippen LogP contribution in [-0.2, 0) is 0 Å². The molecule has 0 radical (unpaired) electrons. The largest absolute Gasteiger partial charge is 0.507 e. The van der Waals surface area contributed by atoms with E-state index < -0.39 is 6.04 Å². The van der Waals surface area contributed by atoms with Gasteiger partial charge in [-0.15, -0.1) is 0 Å². The molecule has 0 aliphatic carbocycles. The molecule has 5 N–H and O–H groups in total. The summed E-state index contributed by atoms with van der Waals surface area (Å²) in [7, 11) is 1.54. The van der Waals surface area contributed by atoms with Crippen molar-refractivity contribution < 1.29 is 9.84 Å². The summed E-state index contributed by atoms with van der Waals surface area (Å²) in [6.45, 7) is 2.15. The molecule has 0 saturated heterocycles. The molecule has 0 aromatic heterocycles. The topological polar surface area (TPSA) is 81.5 Å². The Labute approximate surface area is 83.5 Å². The molecule has 0 unspecified atom stereocenters. The molecule has 0 amide bonds. The minimum Gasteiger partial charge on any atom is -0.507 e. The summed E-state index contributed by atoms with van der Waals surface area (Å²) in [6, 6.07) is 3.07. The molecule has 1 atom stereocenters. The summed E-state index contributed by atoms with van der Waals surface area (Å²) in [6.07, 6.45) is 0. The molecule has 0 aliphatic heterocycles. The molecule has 0 bridgehead atoms. The highest BCUT2D eigenvalue weighted by atomic mass is 16.5. The Morgan fingerprint density at radius 2 is 2.14 bits per heavy atom. The Morgan fingerprint density at radius 3 is 2.64 bits per heavy atom. The SMILES string of the molecule is COc1cc(C)cc(O)c1[C@@H](N)CN. The highest BCUT2D eigenvalue weighted by Gasteiger charge is 2.15. The van der Waals surface area contributed by atoms with Crippen LogP contribution in [0.1, 0.15) is 17.2 Å². The van der Waals surface area contributed by atoms with Gasteiger partial charge in [-0.1, -0.05) is 0 Å². The van der Waals surface area contributed by atoms with Gasteiger partial charge in [-0.2, -0.15) is 0 Å². The number of ether oxygens (including phenoxy) is 1. The molecule has 1 aromatic rings. The zero-order valence-corrected chi connectivity index (χ0v) is 8.45. The summed E-state index contributed by atoms with van der Waals surface area (Å²) in [4.78, 5) is 0. The van der Waals surface area contributed by atoms with Gasteiger partial charge in [0.05, 0.1) is 12.7 Å². The highest BCUT2D eigenvalue weighted by Crippen LogP contribution is 2.33. The zero-order chi connectivity index (χ0) is 10.7. The van der Waals surface area contributed by atoms with E-state index in [1.807, 2.05) is 13.0 Å². The number of phenolic OH excluding ortho intramolecular Hbond substituents is 1. The van der Waals surface area contributed by atoms with Gasteiger partial charge in [-0.3, -0.25) is 0 Å². The summed E-state index contributed by atoms with van der Waals surface area (Å²) in [5.74, 6) is 0.722. The van der Waals surface area contributed by atoms with Crippen molar-refractivity contribution in [2.45, 2.75) is 13.0 Å². The third-order valence-corrected chi connectivity index (χ3v) is 2.11. The van der Waals surface area contributed by atoms with Crippen LogP contribution >= 0.6 is 0 Å². The average molecular weight is 196 g/mol. The van der Waals surface area contributed by atoms with Gasteiger partial charge in [0.15, 0.2) is 0 Å². The first-order valence-corrected chi connectivity index (χ1v) is 4.43. The zero-order valence-electron chi connectivity index (χ0n) is 8.45. The van der Waals surface area contributed by atoms with Crippen molar-refractivity contribution in [3.63, 3.8) is 0 Å². The number of benzene rings is 1. The minimum atomic E-state index is -0.398. The van der Waals surface area contributed by atoms with E-state index in [4.69, 9.17) is 16.2 Å². The summed E-state index contributed by atoms with van der Waals surface area (Å²) in [5.41, 5.74) is 12.7. The van der Waals surface area contributed by atoms with E-state index in [0.29, 0.717) is 11.3 Å². The van der Waals surface area contributed by atoms with Gasteiger partial charge in [0.25, 0.3) is 0 Å². The monoisotopic (exact) mass is 196 g/mol. The highest BCUT2D eigenvalue weighted by molar-refractivity contribution is 5.48. The van der Waals surface area contributed by atoms with Crippen LogP contribution in [0.5, 0.6) is 11.5 Å². The molecule has 1 aromatic carbocycles. The Balaban J connectivity index is 3.24. The molecule has 4 heteroatoms. The Morgan fingerprint density at radius 1 is 1.50 bits per heavy atom. The van der Waals surface area contributed by atoms with Crippen LogP contribution in [0.4, 0.5) is 0 Å². The molecular weight excluding hydrogens is 180 g/mol. The molecule has 0 fully saturated rings. The molecule has 14 heavy (non-hydrogen) atoms. The summed E-state index contributed by atoms with van der Waals surface area (Å²) in [5, 5.41) is 9.69. The maximum absolute atomic E-state index is 9.69. The van der Waals surface area contributed by atoms with Crippen LogP contribution in [0, 0.1) is 6.92 Å². The van der Waals surface area contributed by atoms with Gasteiger partial charge in [-0.05, 0) is 24.6 Å². The maximum atomic E-state index is 9.69. The van der Waals surface area contributed by atoms with Crippen LogP contribution in [0.2, 0.25) is 0 Å². The first-order valence-electron chi connectivity index (χ1n) is 4.43. The number of phenols is 1. The van der Waals surface area contributed by atoms with Crippen molar-refractivity contribution in [3.8, 4) is 11.5 Å². The predicted molar refractivity (Wildman–Crippen MR) is 55.4 cm³/mol. The van der Waals surface area contributed by atoms with E-state index in [9.17, 15) is 5.11 Å². The summed E-state index contributed by atoms with van der Waals surface area (Å²) >= 11 is 0. The Kier molecular flexibility index (Phi) is 3.33. The lowest BCUT2D eigenvalue weighted by Crippen LogP contribution is -2.21. The van der Waals surface area contributed by atoms with Crippen LogP contribution in [0.3, 0.4) is 0 Å². The van der Waals surface area contributed by atoms with Gasteiger partial charge >= 0.3 is 0 Å². The predicted octanol–water partition coefficient (Wildman–Crippen LogP) is 0.668. The first-order chi connectivity index (χ1) is 6.60. The van der Waals surface area contributed by atoms with Crippen molar-refractivity contribution in [2.75, 3.05) is 13.7 Å². The molecular formula is C10H16N2O2. The van der Waals surface area contributed by atoms with Crippen molar-refractivity contribution >= 4 is 0 Å². The van der Waals surface area contributed by atoms with Crippen LogP contribution in [0.15, 0.2) is 12.1 Å². The van der Waals surface area contributed by atoms with Gasteiger partial charge in [-0.25, -0.2) is 0 Å². The van der Waals surface area contributed by atoms with Crippen molar-refractivity contribution in [2.24, 2.45) is 11.5 Å². The fourth-order valence-corrected chi connectivity index (χ4v) is 1.41. The molecule has 0 saturated carbocycles. The fraction of sp³-hybridized carbons (Fsp3) is 0.400. The van der Waals surface area contributed by atoms with Crippen molar-refractivity contribution in [3.05, 3.63) is 23.3 Å². The Hall–Kier alpha value is -1.26. The first kappa shape index (κ1) is 10.8. The van der Waals surface area contributed by atoms with E-state index in [1.54, 1.807) is 13.2 Å². The number of hydrogen-bond acceptors (Lipinski definition) is 4. The van der Waals surface area contributed by atoms with E-state index >= 15 is 0 Å². The van der Waals surface area contributed by atoms with E-state index in [1.165, 1.54) is 0 Å². The quantitative estimate of drug-likeness (QED) is 0.663. The smallest absolute Gasteiger partial charge is 0.127 e. The molecule has 78 valence electrons. The lowest BCUT2D eigenvalue weighted by atomic mass is 10.0. The fourth-order valence-electron chi connectivity index (χ4n) is 1.41. The number of hydrogen-bond donors (Lipinski definition) is 3. The second-order valence-electron chi connectivity index (χ2n) is 3.24. The number of methoxy groups -OCH3 is 1. The average Bonchev–Trinajstić information content (AvgIpc) is 2.15. The van der Waals surface area contributed by atoms with Crippen LogP contribution in [-0.4, -0.2) is 18.8 Å². The van der Waals surface area contributed by atoms with Crippen molar-refractivity contribution in [1.29, 1.82) is 0 Å². The second-order valence-corrected chi connectivity index (χ2v) is 3.24. The molecule has 1 rings (SSSR count). The van der Waals surface area contributed by atoms with Gasteiger partial charge in [0.1, 0.15) is 11.5 Å². The van der Waals surface area contributed by atoms with E-state index in [0.717, 1.165) is 5.56 Å². The number of rotatable bonds is 3. The molecule has 0 aliphatic rings. The third-order valence-electron chi connectivity index (χ3n) is 2.11. The number of aromatic hydroxyl groups is 1. The molecule has 0 spiro atoms. The summed E-state index contributed by atoms with van der Waals surface area (Å²) < 4.78 is 5.13. The molecule has 0 heterocycles. The van der Waals surface area contributed by atoms with Crippen molar-refractivity contribution in [1.82, 2.24) is 0 Å². The van der Waals surface area contributed by atoms with Gasteiger partial charge in [0.2, 0.25) is 0 Å². The third kappa shape index (κ3) is 1.97. The number of aryl methyl sites for hydroxylation is 1. The van der Waals surface area contributed by atoms with E-state index in [-0.39, 0.29) is 12.3 Å². The van der Waals surface area contributed by atoms with Crippen LogP contribution in [0.25, 0.3) is 0 Å². The van der Waals surface area contributed by atoms with Gasteiger partial charge in [0, 0.05) is 12.6 Å². The lowest BCUT2D eigenvalue weighted by Gasteiger charge is -2.16. The van der Waals surface area contributed by atoms with Crippen LogP contribution < -0.4 is 16.2 Å². The Bertz CT molecular complexity index is 326. The van der Waals surface area contributed by atoms with Gasteiger partial charge < -0.3 is 21.3 Å². The second kappa shape index (κ2) is 4.30.